The molecule has 1 atom stereocenters. The molecule has 0 aliphatic carbocycles. The monoisotopic (exact) mass is 280 g/mol. The first-order chi connectivity index (χ1) is 9.26. The highest BCUT2D eigenvalue weighted by molar-refractivity contribution is 5.89. The van der Waals surface area contributed by atoms with Crippen LogP contribution in [-0.2, 0) is 4.74 Å². The van der Waals surface area contributed by atoms with E-state index in [-0.39, 0.29) is 5.84 Å². The maximum absolute atomic E-state index is 12.1. The third kappa shape index (κ3) is 4.11. The second-order valence-corrected chi connectivity index (χ2v) is 5.30. The molecule has 0 aliphatic heterocycles. The first kappa shape index (κ1) is 15.7. The van der Waals surface area contributed by atoms with E-state index < -0.39 is 17.7 Å². The number of pyridine rings is 1. The predicted molar refractivity (Wildman–Crippen MR) is 74.4 cm³/mol. The van der Waals surface area contributed by atoms with Crippen molar-refractivity contribution < 1.29 is 14.7 Å². The Morgan fingerprint density at radius 3 is 2.45 bits per heavy atom. The van der Waals surface area contributed by atoms with E-state index in [2.05, 4.69) is 10.1 Å². The van der Waals surface area contributed by atoms with Gasteiger partial charge in [0.2, 0.25) is 0 Å². The fraction of sp³-hybridized carbons (Fsp3) is 0.462. The summed E-state index contributed by atoms with van der Waals surface area (Å²) < 4.78 is 5.28. The summed E-state index contributed by atoms with van der Waals surface area (Å²) in [6.07, 6.45) is 2.57. The SMILES string of the molecule is CN(C(=O)OC(C)(C)C)[C@@H](C(N)=NO)c1ccncc1. The number of oxime groups is 1. The van der Waals surface area contributed by atoms with Gasteiger partial charge in [-0.1, -0.05) is 5.16 Å². The molecule has 7 heteroatoms. The standard InChI is InChI=1S/C13H20N4O3/c1-13(2,3)20-12(18)17(4)10(11(14)16-19)9-5-7-15-8-6-9/h5-8,10,19H,1-4H3,(H2,14,16)/t10-/m1/s1. The molecule has 0 bridgehead atoms. The molecule has 0 fully saturated rings. The summed E-state index contributed by atoms with van der Waals surface area (Å²) in [5.74, 6) is -0.107. The molecule has 0 saturated carbocycles. The fourth-order valence-electron chi connectivity index (χ4n) is 1.63. The van der Waals surface area contributed by atoms with E-state index in [1.807, 2.05) is 0 Å². The molecule has 0 aliphatic rings. The third-order valence-electron chi connectivity index (χ3n) is 2.49. The van der Waals surface area contributed by atoms with Crippen LogP contribution in [0.15, 0.2) is 29.7 Å². The third-order valence-corrected chi connectivity index (χ3v) is 2.49. The van der Waals surface area contributed by atoms with Crippen molar-refractivity contribution in [1.29, 1.82) is 0 Å². The highest BCUT2D eigenvalue weighted by atomic mass is 16.6. The highest BCUT2D eigenvalue weighted by Gasteiger charge is 2.29. The van der Waals surface area contributed by atoms with Crippen molar-refractivity contribution >= 4 is 11.9 Å². The van der Waals surface area contributed by atoms with Gasteiger partial charge in [0.05, 0.1) is 0 Å². The van der Waals surface area contributed by atoms with Gasteiger partial charge in [0.1, 0.15) is 11.6 Å². The Balaban J connectivity index is 3.04. The number of nitrogens with zero attached hydrogens (tertiary/aromatic N) is 3. The molecule has 7 nitrogen and oxygen atoms in total. The number of likely N-dealkylation sites (N-methyl/N-ethyl adjacent to an activating group) is 1. The van der Waals surface area contributed by atoms with Crippen LogP contribution in [0.3, 0.4) is 0 Å². The molecule has 20 heavy (non-hydrogen) atoms. The van der Waals surface area contributed by atoms with Gasteiger partial charge in [-0.3, -0.25) is 9.88 Å². The van der Waals surface area contributed by atoms with Crippen molar-refractivity contribution in [3.8, 4) is 0 Å². The van der Waals surface area contributed by atoms with Gasteiger partial charge in [-0.2, -0.15) is 0 Å². The number of carbonyl (C=O) groups excluding carboxylic acids is 1. The molecule has 0 radical (unpaired) electrons. The zero-order valence-corrected chi connectivity index (χ0v) is 12.1. The molecule has 1 aromatic heterocycles. The van der Waals surface area contributed by atoms with Crippen LogP contribution in [0.25, 0.3) is 0 Å². The number of hydrogen-bond donors (Lipinski definition) is 2. The Bertz CT molecular complexity index is 482. The molecular weight excluding hydrogens is 260 g/mol. The Kier molecular flexibility index (Phi) is 4.90. The van der Waals surface area contributed by atoms with Crippen LogP contribution in [0, 0.1) is 0 Å². The summed E-state index contributed by atoms with van der Waals surface area (Å²) in [7, 11) is 1.53. The first-order valence-electron chi connectivity index (χ1n) is 6.09. The van der Waals surface area contributed by atoms with Crippen LogP contribution in [0.1, 0.15) is 32.4 Å². The van der Waals surface area contributed by atoms with Gasteiger partial charge in [0, 0.05) is 19.4 Å². The van der Waals surface area contributed by atoms with E-state index in [1.54, 1.807) is 45.3 Å². The van der Waals surface area contributed by atoms with Crippen molar-refractivity contribution in [3.05, 3.63) is 30.1 Å². The van der Waals surface area contributed by atoms with Crippen LogP contribution in [-0.4, -0.2) is 39.7 Å². The van der Waals surface area contributed by atoms with Gasteiger partial charge in [0.25, 0.3) is 0 Å². The smallest absolute Gasteiger partial charge is 0.410 e. The number of nitrogens with two attached hydrogens (primary N) is 1. The average molecular weight is 280 g/mol. The zero-order valence-electron chi connectivity index (χ0n) is 12.1. The summed E-state index contributed by atoms with van der Waals surface area (Å²) in [5, 5.41) is 11.9. The van der Waals surface area contributed by atoms with Gasteiger partial charge in [-0.05, 0) is 38.5 Å². The number of amides is 1. The minimum Gasteiger partial charge on any atom is -0.444 e. The normalized spacial score (nSPS) is 13.7. The van der Waals surface area contributed by atoms with Crippen molar-refractivity contribution in [3.63, 3.8) is 0 Å². The Labute approximate surface area is 118 Å². The minimum atomic E-state index is -0.724. The molecule has 0 aromatic carbocycles. The highest BCUT2D eigenvalue weighted by Crippen LogP contribution is 2.21. The molecule has 1 rings (SSSR count). The molecular formula is C13H20N4O3. The molecule has 3 N–H and O–H groups in total. The molecule has 0 saturated heterocycles. The molecule has 1 amide bonds. The largest absolute Gasteiger partial charge is 0.444 e. The zero-order chi connectivity index (χ0) is 15.3. The van der Waals surface area contributed by atoms with E-state index in [0.29, 0.717) is 5.56 Å². The van der Waals surface area contributed by atoms with Gasteiger partial charge in [-0.25, -0.2) is 4.79 Å². The van der Waals surface area contributed by atoms with Crippen LogP contribution in [0.5, 0.6) is 0 Å². The fourth-order valence-corrected chi connectivity index (χ4v) is 1.63. The molecule has 1 aromatic rings. The van der Waals surface area contributed by atoms with Gasteiger partial charge in [0.15, 0.2) is 5.84 Å². The second-order valence-electron chi connectivity index (χ2n) is 5.30. The number of hydrogen-bond acceptors (Lipinski definition) is 5. The Morgan fingerprint density at radius 2 is 2.00 bits per heavy atom. The Morgan fingerprint density at radius 1 is 1.45 bits per heavy atom. The van der Waals surface area contributed by atoms with Crippen molar-refractivity contribution in [2.24, 2.45) is 10.9 Å². The maximum Gasteiger partial charge on any atom is 0.410 e. The molecule has 0 unspecified atom stereocenters. The average Bonchev–Trinajstić information content (AvgIpc) is 2.37. The summed E-state index contributed by atoms with van der Waals surface area (Å²) >= 11 is 0. The lowest BCUT2D eigenvalue weighted by Gasteiger charge is -2.30. The molecule has 1 heterocycles. The van der Waals surface area contributed by atoms with E-state index >= 15 is 0 Å². The number of carbonyl (C=O) groups is 1. The number of ether oxygens (including phenoxy) is 1. The summed E-state index contributed by atoms with van der Waals surface area (Å²) in [4.78, 5) is 17.3. The number of amidine groups is 1. The molecule has 0 spiro atoms. The summed E-state index contributed by atoms with van der Waals surface area (Å²) in [6, 6.07) is 2.64. The van der Waals surface area contributed by atoms with Crippen LogP contribution in [0.4, 0.5) is 4.79 Å². The minimum absolute atomic E-state index is 0.107. The van der Waals surface area contributed by atoms with E-state index in [9.17, 15) is 4.79 Å². The Hall–Kier alpha value is -2.31. The maximum atomic E-state index is 12.1. The van der Waals surface area contributed by atoms with Gasteiger partial charge < -0.3 is 15.7 Å². The van der Waals surface area contributed by atoms with Crippen molar-refractivity contribution in [1.82, 2.24) is 9.88 Å². The second kappa shape index (κ2) is 6.23. The molecule has 110 valence electrons. The lowest BCUT2D eigenvalue weighted by molar-refractivity contribution is 0.0263. The van der Waals surface area contributed by atoms with E-state index in [0.717, 1.165) is 0 Å². The summed E-state index contributed by atoms with van der Waals surface area (Å²) in [6.45, 7) is 5.30. The van der Waals surface area contributed by atoms with Crippen molar-refractivity contribution in [2.45, 2.75) is 32.4 Å². The van der Waals surface area contributed by atoms with Crippen LogP contribution < -0.4 is 5.73 Å². The lowest BCUT2D eigenvalue weighted by atomic mass is 10.1. The predicted octanol–water partition coefficient (Wildman–Crippen LogP) is 1.74. The lowest BCUT2D eigenvalue weighted by Crippen LogP contribution is -2.42. The quantitative estimate of drug-likeness (QED) is 0.380. The summed E-state index contributed by atoms with van der Waals surface area (Å²) in [5.41, 5.74) is 5.73. The topological polar surface area (TPSA) is 101 Å². The van der Waals surface area contributed by atoms with E-state index in [4.69, 9.17) is 15.7 Å². The first-order valence-corrected chi connectivity index (χ1v) is 6.09. The van der Waals surface area contributed by atoms with E-state index in [1.165, 1.54) is 11.9 Å². The van der Waals surface area contributed by atoms with Gasteiger partial charge in [-0.15, -0.1) is 0 Å². The van der Waals surface area contributed by atoms with Gasteiger partial charge >= 0.3 is 6.09 Å². The number of aromatic nitrogens is 1. The van der Waals surface area contributed by atoms with Crippen LogP contribution >= 0.6 is 0 Å². The van der Waals surface area contributed by atoms with Crippen LogP contribution in [0.2, 0.25) is 0 Å². The van der Waals surface area contributed by atoms with Crippen molar-refractivity contribution in [2.75, 3.05) is 7.05 Å². The number of rotatable bonds is 3.